The van der Waals surface area contributed by atoms with Crippen LogP contribution in [0.2, 0.25) is 0 Å². The van der Waals surface area contributed by atoms with Gasteiger partial charge in [0.1, 0.15) is 11.2 Å². The fraction of sp³-hybridized carbons (Fsp3) is 0.438. The van der Waals surface area contributed by atoms with Crippen molar-refractivity contribution >= 4 is 50.7 Å². The number of hydrogen-bond donors (Lipinski definition) is 0. The summed E-state index contributed by atoms with van der Waals surface area (Å²) in [6, 6.07) is 0. The van der Waals surface area contributed by atoms with E-state index in [9.17, 15) is 4.79 Å². The van der Waals surface area contributed by atoms with Crippen LogP contribution in [-0.2, 0) is 22.4 Å². The maximum absolute atomic E-state index is 11.5. The molecule has 0 aromatic carbocycles. The first-order valence-corrected chi connectivity index (χ1v) is 10.2. The molecular formula is C16H16N6O2S2. The van der Waals surface area contributed by atoms with E-state index < -0.39 is 0 Å². The maximum atomic E-state index is 11.5. The average Bonchev–Trinajstić information content (AvgIpc) is 3.34. The molecule has 10 heteroatoms. The Morgan fingerprint density at radius 3 is 3.19 bits per heavy atom. The summed E-state index contributed by atoms with van der Waals surface area (Å²) in [7, 11) is 1.39. The van der Waals surface area contributed by atoms with Gasteiger partial charge in [-0.15, -0.1) is 21.5 Å². The number of fused-ring (bicyclic) bond motifs is 8. The number of carbonyl (C=O) groups excluding carboxylic acids is 1. The first kappa shape index (κ1) is 16.0. The van der Waals surface area contributed by atoms with E-state index in [1.807, 2.05) is 4.40 Å². The van der Waals surface area contributed by atoms with Crippen molar-refractivity contribution < 1.29 is 9.53 Å². The third-order valence-corrected chi connectivity index (χ3v) is 6.96. The zero-order valence-electron chi connectivity index (χ0n) is 14.3. The van der Waals surface area contributed by atoms with Crippen molar-refractivity contribution in [3.05, 3.63) is 16.8 Å². The third-order valence-electron chi connectivity index (χ3n) is 4.82. The highest BCUT2D eigenvalue weighted by atomic mass is 32.2. The monoisotopic (exact) mass is 388 g/mol. The largest absolute Gasteiger partial charge is 0.468 e. The lowest BCUT2D eigenvalue weighted by molar-refractivity contribution is -0.137. The van der Waals surface area contributed by atoms with Crippen LogP contribution in [0.1, 0.15) is 23.8 Å². The van der Waals surface area contributed by atoms with E-state index in [0.29, 0.717) is 16.9 Å². The number of thiophene rings is 1. The molecule has 0 radical (unpaired) electrons. The van der Waals surface area contributed by atoms with Crippen molar-refractivity contribution in [1.29, 1.82) is 0 Å². The van der Waals surface area contributed by atoms with E-state index in [2.05, 4.69) is 27.2 Å². The quantitative estimate of drug-likeness (QED) is 0.393. The normalized spacial score (nSPS) is 17.2. The summed E-state index contributed by atoms with van der Waals surface area (Å²) in [6.45, 7) is 2.30. The van der Waals surface area contributed by atoms with Crippen molar-refractivity contribution in [1.82, 2.24) is 29.2 Å². The highest BCUT2D eigenvalue weighted by Crippen LogP contribution is 2.40. The van der Waals surface area contributed by atoms with Crippen LogP contribution in [0.5, 0.6) is 0 Å². The van der Waals surface area contributed by atoms with Gasteiger partial charge in [-0.05, 0) is 30.7 Å². The second-order valence-corrected chi connectivity index (χ2v) is 8.54. The molecule has 0 bridgehead atoms. The predicted octanol–water partition coefficient (Wildman–Crippen LogP) is 2.38. The van der Waals surface area contributed by atoms with E-state index in [1.54, 1.807) is 22.2 Å². The van der Waals surface area contributed by atoms with Gasteiger partial charge in [0.05, 0.1) is 18.2 Å². The summed E-state index contributed by atoms with van der Waals surface area (Å²) in [5.74, 6) is 1.21. The molecule has 0 amide bonds. The van der Waals surface area contributed by atoms with Gasteiger partial charge in [0, 0.05) is 4.88 Å². The Morgan fingerprint density at radius 1 is 1.46 bits per heavy atom. The van der Waals surface area contributed by atoms with E-state index in [-0.39, 0.29) is 11.7 Å². The zero-order valence-corrected chi connectivity index (χ0v) is 15.9. The number of hydrogen-bond acceptors (Lipinski definition) is 8. The van der Waals surface area contributed by atoms with Crippen molar-refractivity contribution in [2.24, 2.45) is 5.92 Å². The van der Waals surface area contributed by atoms with Gasteiger partial charge < -0.3 is 4.74 Å². The standard InChI is InChI=1S/C16H16N6O2S2/c1-8-3-4-9-10(5-8)26-14-12(9)13-17-7-18-22(13)15-19-20-16(21(14)15)25-6-11(23)24-2/h7-8H,3-6H2,1-2H3/t8-/m1/s1. The van der Waals surface area contributed by atoms with Crippen LogP contribution in [0.4, 0.5) is 0 Å². The Morgan fingerprint density at radius 2 is 2.35 bits per heavy atom. The molecule has 26 heavy (non-hydrogen) atoms. The number of aryl methyl sites for hydroxylation is 1. The van der Waals surface area contributed by atoms with Gasteiger partial charge in [0.15, 0.2) is 10.8 Å². The summed E-state index contributed by atoms with van der Waals surface area (Å²) < 4.78 is 8.48. The third kappa shape index (κ3) is 2.25. The smallest absolute Gasteiger partial charge is 0.316 e. The lowest BCUT2D eigenvalue weighted by Gasteiger charge is -2.17. The Hall–Kier alpha value is -2.20. The van der Waals surface area contributed by atoms with Crippen molar-refractivity contribution in [2.45, 2.75) is 31.3 Å². The molecule has 1 atom stereocenters. The Bertz CT molecular complexity index is 1160. The minimum Gasteiger partial charge on any atom is -0.468 e. The minimum atomic E-state index is -0.288. The number of aromatic nitrogens is 6. The number of esters is 1. The van der Waals surface area contributed by atoms with E-state index >= 15 is 0 Å². The Kier molecular flexibility index (Phi) is 3.64. The number of methoxy groups -OCH3 is 1. The van der Waals surface area contributed by atoms with E-state index in [0.717, 1.165) is 28.7 Å². The zero-order chi connectivity index (χ0) is 17.8. The molecule has 4 aromatic heterocycles. The minimum absolute atomic E-state index is 0.191. The van der Waals surface area contributed by atoms with Crippen molar-refractivity contribution in [2.75, 3.05) is 12.9 Å². The molecular weight excluding hydrogens is 372 g/mol. The number of carbonyl (C=O) groups is 1. The molecule has 1 aliphatic rings. The first-order chi connectivity index (χ1) is 12.7. The maximum Gasteiger partial charge on any atom is 0.316 e. The summed E-state index contributed by atoms with van der Waals surface area (Å²) in [4.78, 5) is 18.5. The van der Waals surface area contributed by atoms with Crippen LogP contribution in [0, 0.1) is 5.92 Å². The molecule has 1 aliphatic carbocycles. The molecule has 0 fully saturated rings. The van der Waals surface area contributed by atoms with E-state index in [4.69, 9.17) is 4.74 Å². The van der Waals surface area contributed by atoms with Crippen LogP contribution < -0.4 is 0 Å². The first-order valence-electron chi connectivity index (χ1n) is 8.38. The number of ether oxygens (including phenoxy) is 1. The summed E-state index contributed by atoms with van der Waals surface area (Å²) in [5, 5.41) is 14.7. The highest BCUT2D eigenvalue weighted by Gasteiger charge is 2.26. The van der Waals surface area contributed by atoms with Crippen molar-refractivity contribution in [3.63, 3.8) is 0 Å². The van der Waals surface area contributed by atoms with Crippen LogP contribution >= 0.6 is 23.1 Å². The molecule has 0 saturated carbocycles. The lowest BCUT2D eigenvalue weighted by Crippen LogP contribution is -2.09. The van der Waals surface area contributed by atoms with E-state index in [1.165, 1.54) is 35.7 Å². The second-order valence-electron chi connectivity index (χ2n) is 6.51. The van der Waals surface area contributed by atoms with Gasteiger partial charge in [-0.25, -0.2) is 9.38 Å². The summed E-state index contributed by atoms with van der Waals surface area (Å²) in [6.07, 6.45) is 4.88. The number of nitrogens with zero attached hydrogens (tertiary/aromatic N) is 6. The van der Waals surface area contributed by atoms with Gasteiger partial charge in [0.2, 0.25) is 0 Å². The SMILES string of the molecule is COC(=O)CSc1nnc2n3ncnc3c3c4c(sc3n12)C[C@H](C)CC4. The van der Waals surface area contributed by atoms with Crippen LogP contribution in [0.15, 0.2) is 11.5 Å². The van der Waals surface area contributed by atoms with Crippen molar-refractivity contribution in [3.8, 4) is 0 Å². The molecule has 134 valence electrons. The Balaban J connectivity index is 1.80. The fourth-order valence-electron chi connectivity index (χ4n) is 3.54. The van der Waals surface area contributed by atoms with Crippen LogP contribution in [-0.4, -0.2) is 48.0 Å². The van der Waals surface area contributed by atoms with Gasteiger partial charge >= 0.3 is 5.97 Å². The molecule has 0 aliphatic heterocycles. The topological polar surface area (TPSA) is 86.7 Å². The Labute approximate surface area is 156 Å². The predicted molar refractivity (Wildman–Crippen MR) is 98.8 cm³/mol. The lowest BCUT2D eigenvalue weighted by atomic mass is 9.89. The molecule has 5 rings (SSSR count). The fourth-order valence-corrected chi connectivity index (χ4v) is 5.86. The molecule has 0 spiro atoms. The molecule has 4 aromatic rings. The van der Waals surface area contributed by atoms with Crippen LogP contribution in [0.25, 0.3) is 21.6 Å². The molecule has 4 heterocycles. The highest BCUT2D eigenvalue weighted by molar-refractivity contribution is 7.99. The number of rotatable bonds is 3. The molecule has 8 nitrogen and oxygen atoms in total. The van der Waals surface area contributed by atoms with Gasteiger partial charge in [-0.2, -0.15) is 9.61 Å². The van der Waals surface area contributed by atoms with Gasteiger partial charge in [0.25, 0.3) is 5.78 Å². The van der Waals surface area contributed by atoms with Gasteiger partial charge in [-0.3, -0.25) is 4.79 Å². The van der Waals surface area contributed by atoms with Crippen LogP contribution in [0.3, 0.4) is 0 Å². The second kappa shape index (κ2) is 5.92. The summed E-state index contributed by atoms with van der Waals surface area (Å²) in [5.41, 5.74) is 2.21. The average molecular weight is 388 g/mol. The molecule has 0 saturated heterocycles. The molecule has 0 N–H and O–H groups in total. The summed E-state index contributed by atoms with van der Waals surface area (Å²) >= 11 is 3.10. The number of thioether (sulfide) groups is 1. The molecule has 0 unspecified atom stereocenters. The van der Waals surface area contributed by atoms with Gasteiger partial charge in [-0.1, -0.05) is 18.7 Å².